The number of aromatic carboxylic acids is 1. The summed E-state index contributed by atoms with van der Waals surface area (Å²) < 4.78 is 0. The van der Waals surface area contributed by atoms with Crippen molar-refractivity contribution in [3.63, 3.8) is 0 Å². The van der Waals surface area contributed by atoms with Gasteiger partial charge in [-0.15, -0.1) is 0 Å². The van der Waals surface area contributed by atoms with E-state index >= 15 is 0 Å². The predicted octanol–water partition coefficient (Wildman–Crippen LogP) is 1.46. The van der Waals surface area contributed by atoms with Crippen molar-refractivity contribution in [3.05, 3.63) is 47.5 Å². The lowest BCUT2D eigenvalue weighted by atomic mass is 9.95. The minimum absolute atomic E-state index is 0.157. The maximum atomic E-state index is 11.5. The van der Waals surface area contributed by atoms with E-state index in [0.29, 0.717) is 19.5 Å². The van der Waals surface area contributed by atoms with Crippen LogP contribution in [0.4, 0.5) is 0 Å². The van der Waals surface area contributed by atoms with Crippen LogP contribution in [0.1, 0.15) is 21.5 Å². The molecule has 0 saturated carbocycles. The third-order valence-corrected chi connectivity index (χ3v) is 2.99. The van der Waals surface area contributed by atoms with Gasteiger partial charge in [0.15, 0.2) is 0 Å². The Morgan fingerprint density at radius 1 is 1.41 bits per heavy atom. The molecule has 0 aliphatic carbocycles. The molecule has 0 spiro atoms. The second kappa shape index (κ2) is 4.41. The monoisotopic (exact) mass is 231 g/mol. The van der Waals surface area contributed by atoms with Gasteiger partial charge in [-0.05, 0) is 29.7 Å². The second-order valence-corrected chi connectivity index (χ2v) is 3.96. The van der Waals surface area contributed by atoms with Gasteiger partial charge in [0, 0.05) is 13.1 Å². The van der Waals surface area contributed by atoms with E-state index in [2.05, 4.69) is 6.58 Å². The standard InChI is InChI=1S/C13H13NO3/c1-2-12(15)14-7-6-9-4-3-5-10(13(16)17)11(9)8-14/h2-5H,1,6-8H2,(H,16,17). The molecule has 0 bridgehead atoms. The highest BCUT2D eigenvalue weighted by Crippen LogP contribution is 2.22. The van der Waals surface area contributed by atoms with Gasteiger partial charge in [0.25, 0.3) is 0 Å². The Labute approximate surface area is 99.2 Å². The number of rotatable bonds is 2. The van der Waals surface area contributed by atoms with Gasteiger partial charge in [-0.3, -0.25) is 4.79 Å². The van der Waals surface area contributed by atoms with E-state index in [1.54, 1.807) is 17.0 Å². The topological polar surface area (TPSA) is 57.6 Å². The van der Waals surface area contributed by atoms with E-state index in [1.807, 2.05) is 6.07 Å². The summed E-state index contributed by atoms with van der Waals surface area (Å²) in [6.45, 7) is 4.40. The first-order chi connectivity index (χ1) is 8.13. The van der Waals surface area contributed by atoms with Crippen LogP contribution in [0.25, 0.3) is 0 Å². The Morgan fingerprint density at radius 3 is 2.82 bits per heavy atom. The first-order valence-corrected chi connectivity index (χ1v) is 5.39. The summed E-state index contributed by atoms with van der Waals surface area (Å²) in [5.74, 6) is -1.11. The molecule has 1 aromatic rings. The summed E-state index contributed by atoms with van der Waals surface area (Å²) in [5, 5.41) is 9.10. The Morgan fingerprint density at radius 2 is 2.18 bits per heavy atom. The van der Waals surface area contributed by atoms with Crippen LogP contribution in [-0.4, -0.2) is 28.4 Å². The van der Waals surface area contributed by atoms with E-state index in [1.165, 1.54) is 6.08 Å². The van der Waals surface area contributed by atoms with Gasteiger partial charge in [-0.2, -0.15) is 0 Å². The zero-order chi connectivity index (χ0) is 12.4. The van der Waals surface area contributed by atoms with Crippen molar-refractivity contribution in [2.24, 2.45) is 0 Å². The molecule has 0 unspecified atom stereocenters. The molecule has 2 rings (SSSR count). The molecule has 4 heteroatoms. The molecular weight excluding hydrogens is 218 g/mol. The zero-order valence-electron chi connectivity index (χ0n) is 9.35. The number of carbonyl (C=O) groups excluding carboxylic acids is 1. The number of carboxylic acids is 1. The lowest BCUT2D eigenvalue weighted by molar-refractivity contribution is -0.126. The maximum Gasteiger partial charge on any atom is 0.336 e. The van der Waals surface area contributed by atoms with Crippen molar-refractivity contribution in [1.29, 1.82) is 0 Å². The fraction of sp³-hybridized carbons (Fsp3) is 0.231. The van der Waals surface area contributed by atoms with Gasteiger partial charge in [0.2, 0.25) is 5.91 Å². The van der Waals surface area contributed by atoms with Crippen molar-refractivity contribution in [2.45, 2.75) is 13.0 Å². The number of carbonyl (C=O) groups is 2. The average Bonchev–Trinajstić information content (AvgIpc) is 2.36. The third kappa shape index (κ3) is 2.06. The SMILES string of the molecule is C=CC(=O)N1CCc2cccc(C(=O)O)c2C1. The average molecular weight is 231 g/mol. The van der Waals surface area contributed by atoms with Gasteiger partial charge in [-0.25, -0.2) is 4.79 Å². The van der Waals surface area contributed by atoms with E-state index in [4.69, 9.17) is 5.11 Å². The first-order valence-electron chi connectivity index (χ1n) is 5.39. The molecule has 0 saturated heterocycles. The van der Waals surface area contributed by atoms with Crippen LogP contribution in [0.15, 0.2) is 30.9 Å². The van der Waals surface area contributed by atoms with Crippen LogP contribution in [0.2, 0.25) is 0 Å². The molecule has 0 atom stereocenters. The highest BCUT2D eigenvalue weighted by Gasteiger charge is 2.23. The van der Waals surface area contributed by atoms with Crippen LogP contribution in [-0.2, 0) is 17.8 Å². The normalized spacial score (nSPS) is 14.0. The van der Waals surface area contributed by atoms with Crippen LogP contribution < -0.4 is 0 Å². The first kappa shape index (κ1) is 11.4. The molecule has 1 aromatic carbocycles. The molecule has 1 amide bonds. The van der Waals surface area contributed by atoms with E-state index in [9.17, 15) is 9.59 Å². The van der Waals surface area contributed by atoms with Gasteiger partial charge >= 0.3 is 5.97 Å². The van der Waals surface area contributed by atoms with Crippen molar-refractivity contribution >= 4 is 11.9 Å². The fourth-order valence-corrected chi connectivity index (χ4v) is 2.10. The number of hydrogen-bond acceptors (Lipinski definition) is 2. The molecule has 88 valence electrons. The lowest BCUT2D eigenvalue weighted by Gasteiger charge is -2.28. The summed E-state index contributed by atoms with van der Waals surface area (Å²) in [4.78, 5) is 24.2. The summed E-state index contributed by atoms with van der Waals surface area (Å²) >= 11 is 0. The summed E-state index contributed by atoms with van der Waals surface area (Å²) in [7, 11) is 0. The molecule has 1 aliphatic heterocycles. The van der Waals surface area contributed by atoms with Crippen molar-refractivity contribution in [1.82, 2.24) is 4.90 Å². The Bertz CT molecular complexity index is 493. The molecule has 0 aromatic heterocycles. The van der Waals surface area contributed by atoms with Gasteiger partial charge < -0.3 is 10.0 Å². The molecule has 4 nitrogen and oxygen atoms in total. The Hall–Kier alpha value is -2.10. The van der Waals surface area contributed by atoms with E-state index in [-0.39, 0.29) is 11.5 Å². The highest BCUT2D eigenvalue weighted by molar-refractivity contribution is 5.91. The lowest BCUT2D eigenvalue weighted by Crippen LogP contribution is -2.35. The van der Waals surface area contributed by atoms with Gasteiger partial charge in [0.05, 0.1) is 5.56 Å². The number of hydrogen-bond donors (Lipinski definition) is 1. The van der Waals surface area contributed by atoms with Crippen molar-refractivity contribution < 1.29 is 14.7 Å². The molecule has 0 radical (unpaired) electrons. The molecule has 17 heavy (non-hydrogen) atoms. The number of carboxylic acid groups (broad SMARTS) is 1. The quantitative estimate of drug-likeness (QED) is 0.784. The van der Waals surface area contributed by atoms with E-state index in [0.717, 1.165) is 11.1 Å². The summed E-state index contributed by atoms with van der Waals surface area (Å²) in [6, 6.07) is 5.23. The maximum absolute atomic E-state index is 11.5. The second-order valence-electron chi connectivity index (χ2n) is 3.96. The highest BCUT2D eigenvalue weighted by atomic mass is 16.4. The Kier molecular flexibility index (Phi) is 2.95. The zero-order valence-corrected chi connectivity index (χ0v) is 9.35. The minimum Gasteiger partial charge on any atom is -0.478 e. The van der Waals surface area contributed by atoms with Gasteiger partial charge in [-0.1, -0.05) is 18.7 Å². The molecular formula is C13H13NO3. The van der Waals surface area contributed by atoms with Crippen molar-refractivity contribution in [3.8, 4) is 0 Å². The summed E-state index contributed by atoms with van der Waals surface area (Å²) in [5.41, 5.74) is 2.03. The largest absolute Gasteiger partial charge is 0.478 e. The Balaban J connectivity index is 2.38. The van der Waals surface area contributed by atoms with Gasteiger partial charge in [0.1, 0.15) is 0 Å². The molecule has 1 aliphatic rings. The van der Waals surface area contributed by atoms with Crippen LogP contribution in [0, 0.1) is 0 Å². The third-order valence-electron chi connectivity index (χ3n) is 2.99. The van der Waals surface area contributed by atoms with Crippen molar-refractivity contribution in [2.75, 3.05) is 6.54 Å². The smallest absolute Gasteiger partial charge is 0.336 e. The predicted molar refractivity (Wildman–Crippen MR) is 62.7 cm³/mol. The number of benzene rings is 1. The number of fused-ring (bicyclic) bond motifs is 1. The number of nitrogens with zero attached hydrogens (tertiary/aromatic N) is 1. The fourth-order valence-electron chi connectivity index (χ4n) is 2.10. The van der Waals surface area contributed by atoms with Crippen LogP contribution in [0.3, 0.4) is 0 Å². The molecule has 1 N–H and O–H groups in total. The van der Waals surface area contributed by atoms with Crippen LogP contribution in [0.5, 0.6) is 0 Å². The molecule has 0 fully saturated rings. The summed E-state index contributed by atoms with van der Waals surface area (Å²) in [6.07, 6.45) is 1.95. The van der Waals surface area contributed by atoms with E-state index < -0.39 is 5.97 Å². The van der Waals surface area contributed by atoms with Crippen LogP contribution >= 0.6 is 0 Å². The minimum atomic E-state index is -0.949. The number of amides is 1. The molecule has 1 heterocycles.